The van der Waals surface area contributed by atoms with Crippen molar-refractivity contribution in [3.63, 3.8) is 0 Å². The van der Waals surface area contributed by atoms with Gasteiger partial charge in [-0.3, -0.25) is 9.69 Å². The van der Waals surface area contributed by atoms with Crippen molar-refractivity contribution in [1.82, 2.24) is 15.1 Å². The molecule has 1 aliphatic heterocycles. The van der Waals surface area contributed by atoms with Crippen molar-refractivity contribution in [2.24, 2.45) is 0 Å². The standard InChI is InChI=1S/C12H22N4O/c1-11(4-5-13)15(2)12(17)10-16-8-3-6-14-7-9-16/h11,14H,3-4,6-10H2,1-2H3. The van der Waals surface area contributed by atoms with Crippen LogP contribution in [0.3, 0.4) is 0 Å². The highest BCUT2D eigenvalue weighted by Crippen LogP contribution is 2.03. The zero-order valence-electron chi connectivity index (χ0n) is 10.8. The van der Waals surface area contributed by atoms with Gasteiger partial charge in [0.05, 0.1) is 19.0 Å². The number of nitriles is 1. The number of hydrogen-bond acceptors (Lipinski definition) is 4. The van der Waals surface area contributed by atoms with Crippen molar-refractivity contribution in [1.29, 1.82) is 5.26 Å². The van der Waals surface area contributed by atoms with E-state index in [1.165, 1.54) is 0 Å². The highest BCUT2D eigenvalue weighted by molar-refractivity contribution is 5.78. The van der Waals surface area contributed by atoms with Crippen LogP contribution in [0.1, 0.15) is 19.8 Å². The van der Waals surface area contributed by atoms with Crippen LogP contribution in [0, 0.1) is 11.3 Å². The van der Waals surface area contributed by atoms with Crippen LogP contribution in [-0.4, -0.2) is 61.5 Å². The lowest BCUT2D eigenvalue weighted by atomic mass is 10.2. The maximum Gasteiger partial charge on any atom is 0.236 e. The number of carbonyl (C=O) groups excluding carboxylic acids is 1. The Hall–Kier alpha value is -1.12. The van der Waals surface area contributed by atoms with Gasteiger partial charge in [-0.2, -0.15) is 5.26 Å². The summed E-state index contributed by atoms with van der Waals surface area (Å²) in [5.74, 6) is 0.106. The van der Waals surface area contributed by atoms with Gasteiger partial charge in [0, 0.05) is 26.2 Å². The minimum Gasteiger partial charge on any atom is -0.341 e. The van der Waals surface area contributed by atoms with E-state index in [2.05, 4.69) is 16.3 Å². The van der Waals surface area contributed by atoms with Crippen LogP contribution in [0.2, 0.25) is 0 Å². The first-order valence-electron chi connectivity index (χ1n) is 6.21. The van der Waals surface area contributed by atoms with Gasteiger partial charge in [0.1, 0.15) is 0 Å². The summed E-state index contributed by atoms with van der Waals surface area (Å²) in [7, 11) is 1.78. The summed E-state index contributed by atoms with van der Waals surface area (Å²) in [6.07, 6.45) is 1.48. The Labute approximate surface area is 103 Å². The molecule has 1 heterocycles. The minimum atomic E-state index is -0.00222. The van der Waals surface area contributed by atoms with Crippen LogP contribution in [0.15, 0.2) is 0 Å². The van der Waals surface area contributed by atoms with E-state index in [1.54, 1.807) is 11.9 Å². The molecule has 1 saturated heterocycles. The molecule has 5 heteroatoms. The van der Waals surface area contributed by atoms with Crippen molar-refractivity contribution in [2.45, 2.75) is 25.8 Å². The average molecular weight is 238 g/mol. The molecule has 1 N–H and O–H groups in total. The van der Waals surface area contributed by atoms with Crippen molar-refractivity contribution in [3.05, 3.63) is 0 Å². The monoisotopic (exact) mass is 238 g/mol. The largest absolute Gasteiger partial charge is 0.341 e. The molecule has 96 valence electrons. The zero-order valence-corrected chi connectivity index (χ0v) is 10.8. The molecule has 1 amide bonds. The number of nitrogens with zero attached hydrogens (tertiary/aromatic N) is 3. The molecule has 1 atom stereocenters. The normalized spacial score (nSPS) is 19.1. The predicted octanol–water partition coefficient (Wildman–Crippen LogP) is 0.0423. The lowest BCUT2D eigenvalue weighted by Gasteiger charge is -2.26. The molecule has 5 nitrogen and oxygen atoms in total. The van der Waals surface area contributed by atoms with E-state index < -0.39 is 0 Å². The number of amides is 1. The number of nitrogens with one attached hydrogen (secondary N) is 1. The van der Waals surface area contributed by atoms with Gasteiger partial charge >= 0.3 is 0 Å². The van der Waals surface area contributed by atoms with E-state index in [1.807, 2.05) is 6.92 Å². The maximum absolute atomic E-state index is 12.0. The van der Waals surface area contributed by atoms with E-state index in [0.29, 0.717) is 13.0 Å². The van der Waals surface area contributed by atoms with Crippen LogP contribution in [0.25, 0.3) is 0 Å². The molecule has 0 aromatic carbocycles. The van der Waals surface area contributed by atoms with Crippen LogP contribution < -0.4 is 5.32 Å². The first-order chi connectivity index (χ1) is 8.15. The second-order valence-corrected chi connectivity index (χ2v) is 4.60. The van der Waals surface area contributed by atoms with Crippen molar-refractivity contribution in [2.75, 3.05) is 39.8 Å². The zero-order chi connectivity index (χ0) is 12.7. The van der Waals surface area contributed by atoms with E-state index in [9.17, 15) is 4.79 Å². The first kappa shape index (κ1) is 13.9. The molecule has 0 aliphatic carbocycles. The summed E-state index contributed by atoms with van der Waals surface area (Å²) in [4.78, 5) is 15.9. The minimum absolute atomic E-state index is 0.00222. The van der Waals surface area contributed by atoms with Crippen LogP contribution in [0.4, 0.5) is 0 Å². The second-order valence-electron chi connectivity index (χ2n) is 4.60. The highest BCUT2D eigenvalue weighted by Gasteiger charge is 2.19. The molecule has 0 saturated carbocycles. The van der Waals surface area contributed by atoms with Crippen molar-refractivity contribution >= 4 is 5.91 Å². The Morgan fingerprint density at radius 1 is 1.53 bits per heavy atom. The number of rotatable bonds is 4. The average Bonchev–Trinajstić information content (AvgIpc) is 2.57. The third-order valence-electron chi connectivity index (χ3n) is 3.23. The van der Waals surface area contributed by atoms with Crippen LogP contribution in [-0.2, 0) is 4.79 Å². The molecule has 0 radical (unpaired) electrons. The van der Waals surface area contributed by atoms with Gasteiger partial charge in [-0.25, -0.2) is 0 Å². The Balaban J connectivity index is 2.39. The molecule has 0 aromatic heterocycles. The van der Waals surface area contributed by atoms with Crippen LogP contribution in [0.5, 0.6) is 0 Å². The van der Waals surface area contributed by atoms with Crippen molar-refractivity contribution < 1.29 is 4.79 Å². The topological polar surface area (TPSA) is 59.4 Å². The number of carbonyl (C=O) groups is 1. The first-order valence-corrected chi connectivity index (χ1v) is 6.21. The predicted molar refractivity (Wildman–Crippen MR) is 66.4 cm³/mol. The van der Waals surface area contributed by atoms with Gasteiger partial charge < -0.3 is 10.2 Å². The Bertz CT molecular complexity index is 279. The maximum atomic E-state index is 12.0. The molecule has 1 fully saturated rings. The molecular formula is C12H22N4O. The van der Waals surface area contributed by atoms with E-state index in [-0.39, 0.29) is 11.9 Å². The summed E-state index contributed by atoms with van der Waals surface area (Å²) >= 11 is 0. The van der Waals surface area contributed by atoms with Gasteiger partial charge in [0.15, 0.2) is 0 Å². The lowest BCUT2D eigenvalue weighted by Crippen LogP contribution is -2.43. The third-order valence-corrected chi connectivity index (χ3v) is 3.23. The summed E-state index contributed by atoms with van der Waals surface area (Å²) in [6, 6.07) is 2.10. The molecule has 1 rings (SSSR count). The summed E-state index contributed by atoms with van der Waals surface area (Å²) in [5.41, 5.74) is 0. The van der Waals surface area contributed by atoms with Gasteiger partial charge in [-0.15, -0.1) is 0 Å². The molecule has 1 aliphatic rings. The highest BCUT2D eigenvalue weighted by atomic mass is 16.2. The second kappa shape index (κ2) is 7.25. The summed E-state index contributed by atoms with van der Waals surface area (Å²) < 4.78 is 0. The smallest absolute Gasteiger partial charge is 0.236 e. The SMILES string of the molecule is CC(CC#N)N(C)C(=O)CN1CCCNCC1. The Kier molecular flexibility index (Phi) is 5.95. The van der Waals surface area contributed by atoms with E-state index in [4.69, 9.17) is 5.26 Å². The molecule has 1 unspecified atom stereocenters. The van der Waals surface area contributed by atoms with E-state index in [0.717, 1.165) is 32.6 Å². The summed E-state index contributed by atoms with van der Waals surface area (Å²) in [5, 5.41) is 11.9. The quantitative estimate of drug-likeness (QED) is 0.751. The lowest BCUT2D eigenvalue weighted by molar-refractivity contribution is -0.132. The van der Waals surface area contributed by atoms with Crippen LogP contribution >= 0.6 is 0 Å². The Morgan fingerprint density at radius 2 is 2.29 bits per heavy atom. The molecular weight excluding hydrogens is 216 g/mol. The van der Waals surface area contributed by atoms with Crippen molar-refractivity contribution in [3.8, 4) is 6.07 Å². The fourth-order valence-corrected chi connectivity index (χ4v) is 1.88. The molecule has 17 heavy (non-hydrogen) atoms. The molecule has 0 aromatic rings. The fourth-order valence-electron chi connectivity index (χ4n) is 1.88. The van der Waals surface area contributed by atoms with Gasteiger partial charge in [0.25, 0.3) is 0 Å². The summed E-state index contributed by atoms with van der Waals surface area (Å²) in [6.45, 7) is 6.25. The third kappa shape index (κ3) is 4.72. The van der Waals surface area contributed by atoms with Gasteiger partial charge in [-0.05, 0) is 26.4 Å². The van der Waals surface area contributed by atoms with E-state index >= 15 is 0 Å². The Morgan fingerprint density at radius 3 is 3.00 bits per heavy atom. The number of hydrogen-bond donors (Lipinski definition) is 1. The molecule has 0 bridgehead atoms. The fraction of sp³-hybridized carbons (Fsp3) is 0.833. The number of likely N-dealkylation sites (N-methyl/N-ethyl adjacent to an activating group) is 1. The molecule has 0 spiro atoms. The van der Waals surface area contributed by atoms with Gasteiger partial charge in [0.2, 0.25) is 5.91 Å². The van der Waals surface area contributed by atoms with Gasteiger partial charge in [-0.1, -0.05) is 0 Å².